The Hall–Kier alpha value is -3.84. The summed E-state index contributed by atoms with van der Waals surface area (Å²) in [6, 6.07) is 16.9. The lowest BCUT2D eigenvalue weighted by Gasteiger charge is -2.09. The van der Waals surface area contributed by atoms with E-state index in [0.717, 1.165) is 90.4 Å². The first-order valence-corrected chi connectivity index (χ1v) is 30.2. The van der Waals surface area contributed by atoms with Gasteiger partial charge in [0.05, 0.1) is 0 Å². The Morgan fingerprint density at radius 1 is 0.270 bits per heavy atom. The molecule has 0 aliphatic heterocycles. The van der Waals surface area contributed by atoms with Gasteiger partial charge in [-0.15, -0.1) is 0 Å². The molecular formula is C62H114N8O4. The van der Waals surface area contributed by atoms with Gasteiger partial charge in [-0.3, -0.25) is 19.2 Å². The highest BCUT2D eigenvalue weighted by Gasteiger charge is 2.03. The molecule has 2 aromatic rings. The smallest absolute Gasteiger partial charge is 0.217 e. The number of hydrogen-bond donors (Lipinski definition) is 8. The number of carbonyl (C=O) groups excluding carboxylic acids is 4. The molecule has 74 heavy (non-hydrogen) atoms. The molecule has 0 aliphatic rings. The lowest BCUT2D eigenvalue weighted by molar-refractivity contribution is -0.119. The first kappa shape index (κ1) is 70.2. The lowest BCUT2D eigenvalue weighted by atomic mass is 10.0. The second-order valence-electron chi connectivity index (χ2n) is 20.9. The molecule has 0 radical (unpaired) electrons. The van der Waals surface area contributed by atoms with Crippen LogP contribution < -0.4 is 45.0 Å². The minimum Gasteiger partial charge on any atom is -0.370 e. The Balaban J connectivity index is 0.00000115. The molecule has 0 unspecified atom stereocenters. The molecule has 0 aromatic heterocycles. The van der Waals surface area contributed by atoms with E-state index in [2.05, 4.69) is 59.2 Å². The number of amides is 4. The van der Waals surface area contributed by atoms with E-state index in [1.807, 2.05) is 0 Å². The third-order valence-electron chi connectivity index (χ3n) is 14.0. The highest BCUT2D eigenvalue weighted by Crippen LogP contribution is 2.16. The number of primary amides is 4. The number of nitrogens with two attached hydrogens (primary N) is 6. The van der Waals surface area contributed by atoms with E-state index in [0.29, 0.717) is 38.8 Å². The van der Waals surface area contributed by atoms with Gasteiger partial charge in [0.2, 0.25) is 23.6 Å². The fourth-order valence-corrected chi connectivity index (χ4v) is 9.30. The van der Waals surface area contributed by atoms with E-state index < -0.39 is 0 Å². The van der Waals surface area contributed by atoms with Crippen molar-refractivity contribution in [3.05, 3.63) is 70.8 Å². The second-order valence-corrected chi connectivity index (χ2v) is 20.9. The van der Waals surface area contributed by atoms with E-state index in [4.69, 9.17) is 34.4 Å². The summed E-state index contributed by atoms with van der Waals surface area (Å²) in [6.07, 6.45) is 47.7. The van der Waals surface area contributed by atoms with Crippen LogP contribution in [0.2, 0.25) is 0 Å². The summed E-state index contributed by atoms with van der Waals surface area (Å²) < 4.78 is 0. The van der Waals surface area contributed by atoms with E-state index >= 15 is 0 Å². The normalized spacial score (nSPS) is 10.9. The molecule has 0 heterocycles. The number of nitrogens with one attached hydrogen (secondary N) is 2. The molecule has 2 rings (SSSR count). The molecule has 0 saturated carbocycles. The van der Waals surface area contributed by atoms with Crippen LogP contribution in [0.5, 0.6) is 0 Å². The van der Waals surface area contributed by atoms with Crippen molar-refractivity contribution in [2.75, 3.05) is 13.1 Å². The van der Waals surface area contributed by atoms with Crippen LogP contribution in [0.15, 0.2) is 48.5 Å². The molecule has 426 valence electrons. The van der Waals surface area contributed by atoms with Crippen LogP contribution in [0.1, 0.15) is 279 Å². The average Bonchev–Trinajstić information content (AvgIpc) is 3.38. The van der Waals surface area contributed by atoms with Crippen molar-refractivity contribution in [3.63, 3.8) is 0 Å². The van der Waals surface area contributed by atoms with Crippen LogP contribution in [-0.4, -0.2) is 36.7 Å². The van der Waals surface area contributed by atoms with Crippen LogP contribution in [0, 0.1) is 0 Å². The molecule has 0 bridgehead atoms. The van der Waals surface area contributed by atoms with Crippen molar-refractivity contribution in [2.24, 2.45) is 34.4 Å². The molecule has 4 amide bonds. The Bertz CT molecular complexity index is 1480. The van der Waals surface area contributed by atoms with Crippen molar-refractivity contribution in [2.45, 2.75) is 283 Å². The van der Waals surface area contributed by atoms with Gasteiger partial charge in [0, 0.05) is 51.9 Å². The van der Waals surface area contributed by atoms with E-state index in [1.165, 1.54) is 189 Å². The van der Waals surface area contributed by atoms with E-state index in [-0.39, 0.29) is 23.6 Å². The Kier molecular flexibility index (Phi) is 52.5. The summed E-state index contributed by atoms with van der Waals surface area (Å²) >= 11 is 0. The molecule has 12 heteroatoms. The number of carbonyl (C=O) groups is 4. The van der Waals surface area contributed by atoms with Gasteiger partial charge in [0.15, 0.2) is 0 Å². The standard InChI is InChI=1S/2C26H47N3O.C10H20N2O2/c2*27-22-24-18-15-16-19-25(24)23-29-21-17-13-11-9-7-5-3-1-2-4-6-8-10-12-14-20-26(28)30;11-9(13)7-5-3-1-2-4-6-8-10(12)14/h2*15-16,18-19,29H,1-14,17,20-23,27H2,(H2,28,30);1-8H2,(H2,11,13)(H2,12,14). The Morgan fingerprint density at radius 3 is 0.635 bits per heavy atom. The number of benzene rings is 2. The van der Waals surface area contributed by atoms with Gasteiger partial charge in [-0.1, -0.05) is 241 Å². The summed E-state index contributed by atoms with van der Waals surface area (Å²) in [5, 5.41) is 7.11. The van der Waals surface area contributed by atoms with Gasteiger partial charge in [0.25, 0.3) is 0 Å². The highest BCUT2D eigenvalue weighted by atomic mass is 16.2. The Morgan fingerprint density at radius 2 is 0.446 bits per heavy atom. The first-order valence-electron chi connectivity index (χ1n) is 30.2. The summed E-state index contributed by atoms with van der Waals surface area (Å²) in [7, 11) is 0. The topological polar surface area (TPSA) is 248 Å². The summed E-state index contributed by atoms with van der Waals surface area (Å²) in [5.74, 6) is -0.766. The molecule has 2 aromatic carbocycles. The van der Waals surface area contributed by atoms with E-state index in [9.17, 15) is 19.2 Å². The maximum atomic E-state index is 10.7. The van der Waals surface area contributed by atoms with Crippen molar-refractivity contribution in [1.82, 2.24) is 10.6 Å². The monoisotopic (exact) mass is 1030 g/mol. The summed E-state index contributed by atoms with van der Waals surface area (Å²) in [6.45, 7) is 5.31. The number of unbranched alkanes of at least 4 members (excludes halogenated alkanes) is 33. The molecular weight excluding hydrogens is 921 g/mol. The maximum absolute atomic E-state index is 10.7. The van der Waals surface area contributed by atoms with E-state index in [1.54, 1.807) is 0 Å². The van der Waals surface area contributed by atoms with Crippen LogP contribution in [0.4, 0.5) is 0 Å². The summed E-state index contributed by atoms with van der Waals surface area (Å²) in [4.78, 5) is 42.1. The SMILES string of the molecule is NC(=O)CCCCCCCCC(N)=O.NCc1ccccc1CNCCCCCCCCCCCCCCCCCC(N)=O.NCc1ccccc1CNCCCCCCCCCCCCCCCCCC(N)=O. The number of hydrogen-bond acceptors (Lipinski definition) is 8. The zero-order valence-electron chi connectivity index (χ0n) is 47.2. The zero-order valence-corrected chi connectivity index (χ0v) is 47.2. The van der Waals surface area contributed by atoms with Crippen LogP contribution >= 0.6 is 0 Å². The minimum absolute atomic E-state index is 0.160. The summed E-state index contributed by atoms with van der Waals surface area (Å²) in [5.41, 5.74) is 37.0. The zero-order chi connectivity index (χ0) is 54.2. The van der Waals surface area contributed by atoms with Gasteiger partial charge < -0.3 is 45.0 Å². The highest BCUT2D eigenvalue weighted by molar-refractivity contribution is 5.74. The minimum atomic E-state index is -0.223. The molecule has 0 aliphatic carbocycles. The molecule has 0 spiro atoms. The average molecular weight is 1040 g/mol. The lowest BCUT2D eigenvalue weighted by Crippen LogP contribution is -2.16. The third kappa shape index (κ3) is 51.6. The van der Waals surface area contributed by atoms with Crippen LogP contribution in [-0.2, 0) is 45.4 Å². The largest absolute Gasteiger partial charge is 0.370 e. The van der Waals surface area contributed by atoms with Crippen LogP contribution in [0.25, 0.3) is 0 Å². The Labute approximate surface area is 453 Å². The first-order chi connectivity index (χ1) is 36.1. The van der Waals surface area contributed by atoms with Gasteiger partial charge >= 0.3 is 0 Å². The molecule has 0 atom stereocenters. The molecule has 14 N–H and O–H groups in total. The predicted octanol–water partition coefficient (Wildman–Crippen LogP) is 13.0. The van der Waals surface area contributed by atoms with Gasteiger partial charge in [0.1, 0.15) is 0 Å². The van der Waals surface area contributed by atoms with Crippen LogP contribution in [0.3, 0.4) is 0 Å². The molecule has 0 fully saturated rings. The van der Waals surface area contributed by atoms with Crippen molar-refractivity contribution in [3.8, 4) is 0 Å². The van der Waals surface area contributed by atoms with Gasteiger partial charge in [-0.05, 0) is 73.9 Å². The molecule has 0 saturated heterocycles. The fraction of sp³-hybridized carbons (Fsp3) is 0.742. The third-order valence-corrected chi connectivity index (χ3v) is 14.0. The fourth-order valence-electron chi connectivity index (χ4n) is 9.30. The van der Waals surface area contributed by atoms with Crippen molar-refractivity contribution >= 4 is 23.6 Å². The predicted molar refractivity (Wildman–Crippen MR) is 314 cm³/mol. The quantitative estimate of drug-likeness (QED) is 0.0295. The van der Waals surface area contributed by atoms with Crippen molar-refractivity contribution in [1.29, 1.82) is 0 Å². The second kappa shape index (κ2) is 55.4. The van der Waals surface area contributed by atoms with Crippen molar-refractivity contribution < 1.29 is 19.2 Å². The number of rotatable bonds is 51. The molecule has 12 nitrogen and oxygen atoms in total. The van der Waals surface area contributed by atoms with Gasteiger partial charge in [-0.2, -0.15) is 0 Å². The van der Waals surface area contributed by atoms with Gasteiger partial charge in [-0.25, -0.2) is 0 Å². The maximum Gasteiger partial charge on any atom is 0.217 e.